The lowest BCUT2D eigenvalue weighted by Crippen LogP contribution is -2.30. The summed E-state index contributed by atoms with van der Waals surface area (Å²) in [6.07, 6.45) is 3.94. The van der Waals surface area contributed by atoms with E-state index >= 15 is 0 Å². The van der Waals surface area contributed by atoms with Crippen LogP contribution in [-0.2, 0) is 13.1 Å². The number of hydrogen-bond acceptors (Lipinski definition) is 4. The van der Waals surface area contributed by atoms with Gasteiger partial charge in [0, 0.05) is 18.8 Å². The summed E-state index contributed by atoms with van der Waals surface area (Å²) in [5.41, 5.74) is 5.06. The number of nitrogens with zero attached hydrogens (tertiary/aromatic N) is 4. The molecule has 0 bridgehead atoms. The number of hydrogen-bond donors (Lipinski definition) is 1. The number of fused-ring (bicyclic) bond motifs is 1. The monoisotopic (exact) mass is 295 g/mol. The standard InChI is InChI=1S/C17H21N5/c1-12-8-19-22(10-12)11-13(2)18-9-17-14(3)20-15-6-4-5-7-16(15)21-17/h4-8,10,13,18H,9,11H2,1-3H3/t13-/m0/s1. The third-order valence-electron chi connectivity index (χ3n) is 3.68. The smallest absolute Gasteiger partial charge is 0.0890 e. The molecule has 2 heterocycles. The van der Waals surface area contributed by atoms with Crippen molar-refractivity contribution in [2.24, 2.45) is 0 Å². The Labute approximate surface area is 130 Å². The molecule has 0 unspecified atom stereocenters. The van der Waals surface area contributed by atoms with Gasteiger partial charge in [0.2, 0.25) is 0 Å². The van der Waals surface area contributed by atoms with Crippen LogP contribution in [0.1, 0.15) is 23.9 Å². The van der Waals surface area contributed by atoms with Gasteiger partial charge in [0.1, 0.15) is 0 Å². The van der Waals surface area contributed by atoms with Gasteiger partial charge in [-0.15, -0.1) is 0 Å². The Morgan fingerprint density at radius 2 is 1.86 bits per heavy atom. The van der Waals surface area contributed by atoms with Crippen LogP contribution in [0.15, 0.2) is 36.7 Å². The van der Waals surface area contributed by atoms with Crippen molar-refractivity contribution in [3.8, 4) is 0 Å². The highest BCUT2D eigenvalue weighted by molar-refractivity contribution is 5.74. The molecule has 114 valence electrons. The average Bonchev–Trinajstić information content (AvgIpc) is 2.90. The second kappa shape index (κ2) is 6.23. The maximum absolute atomic E-state index is 4.71. The van der Waals surface area contributed by atoms with Crippen LogP contribution in [0.25, 0.3) is 11.0 Å². The Hall–Kier alpha value is -2.27. The van der Waals surface area contributed by atoms with Crippen molar-refractivity contribution < 1.29 is 0 Å². The van der Waals surface area contributed by atoms with E-state index in [4.69, 9.17) is 4.98 Å². The lowest BCUT2D eigenvalue weighted by molar-refractivity contribution is 0.448. The predicted molar refractivity (Wildman–Crippen MR) is 87.5 cm³/mol. The highest BCUT2D eigenvalue weighted by atomic mass is 15.3. The predicted octanol–water partition coefficient (Wildman–Crippen LogP) is 2.62. The summed E-state index contributed by atoms with van der Waals surface area (Å²) in [6, 6.07) is 8.29. The molecule has 1 N–H and O–H groups in total. The van der Waals surface area contributed by atoms with Crippen molar-refractivity contribution in [1.29, 1.82) is 0 Å². The minimum atomic E-state index is 0.312. The van der Waals surface area contributed by atoms with E-state index < -0.39 is 0 Å². The van der Waals surface area contributed by atoms with Gasteiger partial charge in [-0.2, -0.15) is 5.10 Å². The fourth-order valence-corrected chi connectivity index (χ4v) is 2.48. The summed E-state index contributed by atoms with van der Waals surface area (Å²) in [4.78, 5) is 9.33. The van der Waals surface area contributed by atoms with Crippen LogP contribution < -0.4 is 5.32 Å². The maximum atomic E-state index is 4.71. The van der Waals surface area contributed by atoms with Crippen LogP contribution in [0, 0.1) is 13.8 Å². The molecule has 3 rings (SSSR count). The molecule has 0 spiro atoms. The van der Waals surface area contributed by atoms with Gasteiger partial charge in [-0.3, -0.25) is 4.68 Å². The minimum absolute atomic E-state index is 0.312. The summed E-state index contributed by atoms with van der Waals surface area (Å²) in [5, 5.41) is 7.82. The van der Waals surface area contributed by atoms with E-state index in [-0.39, 0.29) is 0 Å². The van der Waals surface area contributed by atoms with E-state index in [1.165, 1.54) is 5.56 Å². The molecule has 5 nitrogen and oxygen atoms in total. The summed E-state index contributed by atoms with van der Waals surface area (Å²) < 4.78 is 1.96. The van der Waals surface area contributed by atoms with Crippen molar-refractivity contribution in [3.63, 3.8) is 0 Å². The number of rotatable bonds is 5. The topological polar surface area (TPSA) is 55.6 Å². The van der Waals surface area contributed by atoms with Gasteiger partial charge in [-0.1, -0.05) is 12.1 Å². The molecule has 22 heavy (non-hydrogen) atoms. The van der Waals surface area contributed by atoms with Crippen LogP contribution in [0.5, 0.6) is 0 Å². The van der Waals surface area contributed by atoms with E-state index in [9.17, 15) is 0 Å². The molecule has 0 radical (unpaired) electrons. The number of benzene rings is 1. The molecular formula is C17H21N5. The van der Waals surface area contributed by atoms with Crippen molar-refractivity contribution in [1.82, 2.24) is 25.1 Å². The fourth-order valence-electron chi connectivity index (χ4n) is 2.48. The molecule has 3 aromatic rings. The average molecular weight is 295 g/mol. The van der Waals surface area contributed by atoms with Crippen molar-refractivity contribution in [3.05, 3.63) is 53.6 Å². The summed E-state index contributed by atoms with van der Waals surface area (Å²) in [6.45, 7) is 7.77. The highest BCUT2D eigenvalue weighted by Gasteiger charge is 2.08. The summed E-state index contributed by atoms with van der Waals surface area (Å²) in [7, 11) is 0. The Morgan fingerprint density at radius 3 is 2.55 bits per heavy atom. The van der Waals surface area contributed by atoms with Crippen LogP contribution in [0.2, 0.25) is 0 Å². The van der Waals surface area contributed by atoms with Crippen LogP contribution in [0.3, 0.4) is 0 Å². The number of aromatic nitrogens is 4. The van der Waals surface area contributed by atoms with E-state index in [0.29, 0.717) is 12.6 Å². The Balaban J connectivity index is 1.66. The van der Waals surface area contributed by atoms with Crippen molar-refractivity contribution >= 4 is 11.0 Å². The zero-order chi connectivity index (χ0) is 15.5. The molecule has 0 fully saturated rings. The van der Waals surface area contributed by atoms with E-state index in [1.54, 1.807) is 0 Å². The minimum Gasteiger partial charge on any atom is -0.307 e. The number of aryl methyl sites for hydroxylation is 2. The third kappa shape index (κ3) is 3.31. The number of para-hydroxylation sites is 2. The van der Waals surface area contributed by atoms with Gasteiger partial charge in [0.15, 0.2) is 0 Å². The lowest BCUT2D eigenvalue weighted by Gasteiger charge is -2.14. The van der Waals surface area contributed by atoms with Crippen molar-refractivity contribution in [2.75, 3.05) is 0 Å². The van der Waals surface area contributed by atoms with Crippen LogP contribution in [0.4, 0.5) is 0 Å². The third-order valence-corrected chi connectivity index (χ3v) is 3.68. The first-order valence-corrected chi connectivity index (χ1v) is 7.56. The van der Waals surface area contributed by atoms with E-state index in [1.807, 2.05) is 42.1 Å². The zero-order valence-corrected chi connectivity index (χ0v) is 13.2. The molecule has 0 aliphatic rings. The Bertz CT molecular complexity index is 778. The molecule has 0 aliphatic carbocycles. The molecule has 1 aromatic carbocycles. The molecule has 0 saturated heterocycles. The van der Waals surface area contributed by atoms with Gasteiger partial charge in [-0.25, -0.2) is 9.97 Å². The second-order valence-corrected chi connectivity index (χ2v) is 5.77. The van der Waals surface area contributed by atoms with Gasteiger partial charge in [0.25, 0.3) is 0 Å². The SMILES string of the molecule is Cc1cnn(C[C@H](C)NCc2nc3ccccc3nc2C)c1. The van der Waals surface area contributed by atoms with E-state index in [2.05, 4.69) is 35.4 Å². The van der Waals surface area contributed by atoms with Crippen LogP contribution in [-0.4, -0.2) is 25.8 Å². The largest absolute Gasteiger partial charge is 0.307 e. The molecule has 0 aliphatic heterocycles. The van der Waals surface area contributed by atoms with Gasteiger partial charge < -0.3 is 5.32 Å². The first-order chi connectivity index (χ1) is 10.6. The highest BCUT2D eigenvalue weighted by Crippen LogP contribution is 2.12. The van der Waals surface area contributed by atoms with Crippen molar-refractivity contribution in [2.45, 2.75) is 39.9 Å². The molecular weight excluding hydrogens is 274 g/mol. The Kier molecular flexibility index (Phi) is 4.15. The molecule has 1 atom stereocenters. The van der Waals surface area contributed by atoms with Gasteiger partial charge in [0.05, 0.1) is 35.2 Å². The lowest BCUT2D eigenvalue weighted by atomic mass is 10.2. The molecule has 2 aromatic heterocycles. The van der Waals surface area contributed by atoms with Crippen LogP contribution >= 0.6 is 0 Å². The fraction of sp³-hybridized carbons (Fsp3) is 0.353. The number of nitrogens with one attached hydrogen (secondary N) is 1. The molecule has 0 amide bonds. The molecule has 0 saturated carbocycles. The van der Waals surface area contributed by atoms with E-state index in [0.717, 1.165) is 29.0 Å². The molecule has 5 heteroatoms. The quantitative estimate of drug-likeness (QED) is 0.786. The van der Waals surface area contributed by atoms with Gasteiger partial charge in [-0.05, 0) is 38.5 Å². The first kappa shape index (κ1) is 14.7. The zero-order valence-electron chi connectivity index (χ0n) is 13.2. The summed E-state index contributed by atoms with van der Waals surface area (Å²) >= 11 is 0. The normalized spacial score (nSPS) is 12.7. The second-order valence-electron chi connectivity index (χ2n) is 5.77. The summed E-state index contributed by atoms with van der Waals surface area (Å²) in [5.74, 6) is 0. The van der Waals surface area contributed by atoms with Gasteiger partial charge >= 0.3 is 0 Å². The maximum Gasteiger partial charge on any atom is 0.0890 e. The Morgan fingerprint density at radius 1 is 1.14 bits per heavy atom. The first-order valence-electron chi connectivity index (χ1n) is 7.56.